The van der Waals surface area contributed by atoms with Gasteiger partial charge >= 0.3 is 12.1 Å². The number of thiazole rings is 1. The van der Waals surface area contributed by atoms with Crippen LogP contribution >= 0.6 is 11.3 Å². The number of allylic oxidation sites excluding steroid dienone is 1. The molecule has 1 aromatic heterocycles. The minimum atomic E-state index is -4.37. The van der Waals surface area contributed by atoms with Crippen LogP contribution in [0.25, 0.3) is 10.6 Å². The lowest BCUT2D eigenvalue weighted by Gasteiger charge is -2.26. The lowest BCUT2D eigenvalue weighted by atomic mass is 10.1. The molecule has 3 rings (SSSR count). The molecule has 9 heteroatoms. The van der Waals surface area contributed by atoms with Crippen molar-refractivity contribution in [2.45, 2.75) is 59.5 Å². The van der Waals surface area contributed by atoms with Crippen LogP contribution in [0.4, 0.5) is 13.2 Å². The molecule has 198 valence electrons. The Morgan fingerprint density at radius 1 is 1.05 bits per heavy atom. The Balaban J connectivity index is 1.70. The Morgan fingerprint density at radius 3 is 2.22 bits per heavy atom. The Morgan fingerprint density at radius 2 is 1.68 bits per heavy atom. The third-order valence-corrected chi connectivity index (χ3v) is 6.85. The fourth-order valence-electron chi connectivity index (χ4n) is 3.52. The number of benzene rings is 2. The second-order valence-corrected chi connectivity index (χ2v) is 10.3. The van der Waals surface area contributed by atoms with Crippen LogP contribution in [0.15, 0.2) is 60.8 Å². The highest BCUT2D eigenvalue weighted by atomic mass is 32.1. The smallest absolute Gasteiger partial charge is 0.416 e. The van der Waals surface area contributed by atoms with Crippen molar-refractivity contribution in [3.05, 3.63) is 82.5 Å². The van der Waals surface area contributed by atoms with E-state index in [1.807, 2.05) is 38.1 Å². The predicted octanol–water partition coefficient (Wildman–Crippen LogP) is 7.39. The highest BCUT2D eigenvalue weighted by molar-refractivity contribution is 7.15. The minimum absolute atomic E-state index is 0.284. The summed E-state index contributed by atoms with van der Waals surface area (Å²) in [4.78, 5) is 19.8. The average molecular weight is 533 g/mol. The van der Waals surface area contributed by atoms with Crippen molar-refractivity contribution < 1.29 is 27.4 Å². The molecule has 2 aromatic carbocycles. The van der Waals surface area contributed by atoms with Crippen LogP contribution in [0.1, 0.15) is 49.4 Å². The first kappa shape index (κ1) is 28.2. The molecule has 0 aliphatic rings. The number of carbonyl (C=O) groups is 1. The van der Waals surface area contributed by atoms with Crippen molar-refractivity contribution in [2.24, 2.45) is 0 Å². The van der Waals surface area contributed by atoms with Crippen LogP contribution in [0.5, 0.6) is 5.75 Å². The van der Waals surface area contributed by atoms with Crippen LogP contribution in [-0.2, 0) is 28.8 Å². The molecule has 0 bridgehead atoms. The third kappa shape index (κ3) is 7.35. The molecule has 0 aliphatic heterocycles. The largest absolute Gasteiger partial charge is 0.476 e. The summed E-state index contributed by atoms with van der Waals surface area (Å²) in [6.07, 6.45) is -4.37. The van der Waals surface area contributed by atoms with E-state index in [-0.39, 0.29) is 6.61 Å². The molecule has 0 N–H and O–H groups in total. The van der Waals surface area contributed by atoms with Gasteiger partial charge < -0.3 is 14.4 Å². The Kier molecular flexibility index (Phi) is 8.68. The van der Waals surface area contributed by atoms with Crippen molar-refractivity contribution >= 4 is 17.3 Å². The topological polar surface area (TPSA) is 51.7 Å². The van der Waals surface area contributed by atoms with Crippen LogP contribution in [0.2, 0.25) is 0 Å². The molecule has 5 nitrogen and oxygen atoms in total. The maximum atomic E-state index is 12.9. The summed E-state index contributed by atoms with van der Waals surface area (Å²) in [5.74, 6) is 0.131. The molecule has 0 fully saturated rings. The molecule has 1 heterocycles. The van der Waals surface area contributed by atoms with Crippen molar-refractivity contribution in [1.82, 2.24) is 9.88 Å². The normalized spacial score (nSPS) is 11.8. The molecule has 0 aliphatic carbocycles. The predicted molar refractivity (Wildman–Crippen MR) is 139 cm³/mol. The van der Waals surface area contributed by atoms with Gasteiger partial charge in [0.2, 0.25) is 0 Å². The number of aromatic nitrogens is 1. The minimum Gasteiger partial charge on any atom is -0.476 e. The summed E-state index contributed by atoms with van der Waals surface area (Å²) in [6.45, 7) is 14.4. The van der Waals surface area contributed by atoms with E-state index in [4.69, 9.17) is 9.47 Å². The van der Waals surface area contributed by atoms with Gasteiger partial charge in [-0.15, -0.1) is 11.3 Å². The highest BCUT2D eigenvalue weighted by Gasteiger charge is 2.32. The molecule has 0 saturated heterocycles. The van der Waals surface area contributed by atoms with Gasteiger partial charge in [0.15, 0.2) is 5.60 Å². The fraction of sp³-hybridized carbons (Fsp3) is 0.357. The number of hydrogen-bond acceptors (Lipinski definition) is 6. The summed E-state index contributed by atoms with van der Waals surface area (Å²) in [5.41, 5.74) is 1.59. The molecule has 0 amide bonds. The molecule has 0 radical (unpaired) electrons. The number of alkyl halides is 3. The summed E-state index contributed by atoms with van der Waals surface area (Å²) in [5, 5.41) is 0.675. The maximum absolute atomic E-state index is 12.9. The zero-order chi connectivity index (χ0) is 27.4. The second kappa shape index (κ2) is 11.4. The Bertz CT molecular complexity index is 1230. The van der Waals surface area contributed by atoms with Gasteiger partial charge in [-0.1, -0.05) is 30.8 Å². The van der Waals surface area contributed by atoms with Gasteiger partial charge in [-0.25, -0.2) is 9.78 Å². The first-order valence-electron chi connectivity index (χ1n) is 11.8. The van der Waals surface area contributed by atoms with Gasteiger partial charge in [-0.05, 0) is 64.4 Å². The summed E-state index contributed by atoms with van der Waals surface area (Å²) < 4.78 is 49.6. The third-order valence-electron chi connectivity index (χ3n) is 5.66. The zero-order valence-corrected chi connectivity index (χ0v) is 22.4. The Hall–Kier alpha value is -3.33. The molecule has 0 atom stereocenters. The molecule has 0 saturated carbocycles. The number of hydrogen-bond donors (Lipinski definition) is 0. The van der Waals surface area contributed by atoms with E-state index >= 15 is 0 Å². The maximum Gasteiger partial charge on any atom is 0.416 e. The summed E-state index contributed by atoms with van der Waals surface area (Å²) in [6, 6.07) is 12.5. The van der Waals surface area contributed by atoms with Gasteiger partial charge in [0.25, 0.3) is 0 Å². The second-order valence-electron chi connectivity index (χ2n) is 9.17. The van der Waals surface area contributed by atoms with E-state index in [2.05, 4.69) is 16.5 Å². The van der Waals surface area contributed by atoms with Gasteiger partial charge in [0.1, 0.15) is 10.8 Å². The fourth-order valence-corrected chi connectivity index (χ4v) is 4.61. The lowest BCUT2D eigenvalue weighted by Crippen LogP contribution is -2.39. The van der Waals surface area contributed by atoms with E-state index in [1.54, 1.807) is 20.8 Å². The molecular formula is C28H31F3N2O3S. The van der Waals surface area contributed by atoms with E-state index in [0.29, 0.717) is 29.4 Å². The van der Waals surface area contributed by atoms with Gasteiger partial charge in [-0.3, -0.25) is 0 Å². The standard InChI is InChI=1S/C28H31F3N2O3S/c1-7-35-26(34)27(5,6)36-23-14-8-20(9-15-23)16-33(18(2)3)17-24-19(4)32-25(37-24)21-10-12-22(13-11-21)28(29,30)31/h8-15H,2,7,16-17H2,1,3-6H3. The monoisotopic (exact) mass is 532 g/mol. The number of esters is 1. The number of carbonyl (C=O) groups excluding carboxylic acids is 1. The van der Waals surface area contributed by atoms with Crippen LogP contribution in [0.3, 0.4) is 0 Å². The van der Waals surface area contributed by atoms with E-state index in [1.165, 1.54) is 23.5 Å². The number of nitrogens with zero attached hydrogens (tertiary/aromatic N) is 2. The first-order valence-corrected chi connectivity index (χ1v) is 12.6. The molecule has 0 spiro atoms. The van der Waals surface area contributed by atoms with E-state index < -0.39 is 23.3 Å². The van der Waals surface area contributed by atoms with Crippen molar-refractivity contribution in [2.75, 3.05) is 6.61 Å². The number of halogens is 3. The van der Waals surface area contributed by atoms with Crippen LogP contribution < -0.4 is 4.74 Å². The van der Waals surface area contributed by atoms with Crippen LogP contribution in [-0.4, -0.2) is 28.1 Å². The number of ether oxygens (including phenoxy) is 2. The lowest BCUT2D eigenvalue weighted by molar-refractivity contribution is -0.158. The van der Waals surface area contributed by atoms with E-state index in [9.17, 15) is 18.0 Å². The molecule has 0 unspecified atom stereocenters. The van der Waals surface area contributed by atoms with E-state index in [0.717, 1.165) is 34.0 Å². The van der Waals surface area contributed by atoms with Gasteiger partial charge in [0.05, 0.1) is 24.4 Å². The summed E-state index contributed by atoms with van der Waals surface area (Å²) in [7, 11) is 0. The summed E-state index contributed by atoms with van der Waals surface area (Å²) >= 11 is 1.46. The molecular weight excluding hydrogens is 501 g/mol. The average Bonchev–Trinajstić information content (AvgIpc) is 3.19. The van der Waals surface area contributed by atoms with Crippen molar-refractivity contribution in [1.29, 1.82) is 0 Å². The zero-order valence-electron chi connectivity index (χ0n) is 21.6. The molecule has 3 aromatic rings. The van der Waals surface area contributed by atoms with Gasteiger partial charge in [-0.2, -0.15) is 13.2 Å². The van der Waals surface area contributed by atoms with Crippen LogP contribution in [0, 0.1) is 6.92 Å². The van der Waals surface area contributed by atoms with Crippen molar-refractivity contribution in [3.63, 3.8) is 0 Å². The number of aryl methyl sites for hydroxylation is 1. The Labute approximate surface area is 219 Å². The quantitative estimate of drug-likeness (QED) is 0.255. The van der Waals surface area contributed by atoms with Crippen molar-refractivity contribution in [3.8, 4) is 16.3 Å². The SMILES string of the molecule is C=C(C)N(Cc1ccc(OC(C)(C)C(=O)OCC)cc1)Cc1sc(-c2ccc(C(F)(F)F)cc2)nc1C. The molecule has 37 heavy (non-hydrogen) atoms. The van der Waals surface area contributed by atoms with Gasteiger partial charge in [0, 0.05) is 22.7 Å². The number of rotatable bonds is 10. The highest BCUT2D eigenvalue weighted by Crippen LogP contribution is 2.34. The first-order chi connectivity index (χ1) is 17.3.